The molecule has 22 heavy (non-hydrogen) atoms. The molecule has 0 bridgehead atoms. The fourth-order valence-electron chi connectivity index (χ4n) is 1.68. The van der Waals surface area contributed by atoms with Crippen LogP contribution in [0.25, 0.3) is 0 Å². The first-order valence-corrected chi connectivity index (χ1v) is 6.29. The second kappa shape index (κ2) is 6.93. The molecule has 0 aliphatic heterocycles. The van der Waals surface area contributed by atoms with Crippen LogP contribution in [0.4, 0.5) is 11.4 Å². The topological polar surface area (TPSA) is 114 Å². The van der Waals surface area contributed by atoms with Crippen molar-refractivity contribution in [3.8, 4) is 0 Å². The summed E-state index contributed by atoms with van der Waals surface area (Å²) in [5.74, 6) is -1.86. The fraction of sp³-hybridized carbons (Fsp3) is 0.0714. The van der Waals surface area contributed by atoms with Crippen molar-refractivity contribution in [3.05, 3.63) is 64.5 Å². The number of nitro groups is 1. The number of nitrogens with zero attached hydrogens (tertiary/aromatic N) is 2. The number of carbonyl (C=O) groups is 2. The van der Waals surface area contributed by atoms with Crippen LogP contribution in [0.2, 0.25) is 0 Å². The van der Waals surface area contributed by atoms with Gasteiger partial charge in [-0.1, -0.05) is 18.2 Å². The quantitative estimate of drug-likeness (QED) is 0.501. The summed E-state index contributed by atoms with van der Waals surface area (Å²) in [6, 6.07) is 9.03. The molecule has 1 aromatic heterocycles. The third-order valence-corrected chi connectivity index (χ3v) is 2.73. The van der Waals surface area contributed by atoms with Crippen LogP contribution >= 0.6 is 0 Å². The van der Waals surface area contributed by atoms with Crippen LogP contribution in [-0.4, -0.2) is 21.7 Å². The monoisotopic (exact) mass is 300 g/mol. The molecule has 0 atom stereocenters. The third-order valence-electron chi connectivity index (χ3n) is 2.73. The smallest absolute Gasteiger partial charge is 0.313 e. The highest BCUT2D eigenvalue weighted by Gasteiger charge is 2.19. The highest BCUT2D eigenvalue weighted by Crippen LogP contribution is 2.22. The maximum Gasteiger partial charge on any atom is 0.313 e. The van der Waals surface area contributed by atoms with E-state index in [2.05, 4.69) is 15.6 Å². The van der Waals surface area contributed by atoms with Crippen molar-refractivity contribution in [2.45, 2.75) is 6.54 Å². The Balaban J connectivity index is 1.97. The predicted molar refractivity (Wildman–Crippen MR) is 77.8 cm³/mol. The lowest BCUT2D eigenvalue weighted by molar-refractivity contribution is -0.383. The second-order valence-electron chi connectivity index (χ2n) is 4.27. The highest BCUT2D eigenvalue weighted by atomic mass is 16.6. The van der Waals surface area contributed by atoms with Crippen LogP contribution in [0.1, 0.15) is 5.56 Å². The minimum Gasteiger partial charge on any atom is -0.344 e. The van der Waals surface area contributed by atoms with Gasteiger partial charge < -0.3 is 10.6 Å². The first-order chi connectivity index (χ1) is 10.6. The summed E-state index contributed by atoms with van der Waals surface area (Å²) < 4.78 is 0. The van der Waals surface area contributed by atoms with Gasteiger partial charge in [0.05, 0.1) is 4.92 Å². The van der Waals surface area contributed by atoms with E-state index in [-0.39, 0.29) is 17.9 Å². The lowest BCUT2D eigenvalue weighted by Gasteiger charge is -2.06. The molecule has 112 valence electrons. The Labute approximate surface area is 125 Å². The van der Waals surface area contributed by atoms with Gasteiger partial charge in [0.15, 0.2) is 0 Å². The number of amides is 2. The number of nitrogens with one attached hydrogen (secondary N) is 2. The SMILES string of the molecule is O=C(NCc1cccnc1)C(=O)Nc1ccccc1[N+](=O)[O-]. The molecule has 0 saturated heterocycles. The van der Waals surface area contributed by atoms with E-state index in [1.54, 1.807) is 24.5 Å². The molecule has 0 unspecified atom stereocenters. The number of para-hydroxylation sites is 2. The lowest BCUT2D eigenvalue weighted by atomic mass is 10.2. The van der Waals surface area contributed by atoms with E-state index in [1.807, 2.05) is 0 Å². The second-order valence-corrected chi connectivity index (χ2v) is 4.27. The van der Waals surface area contributed by atoms with Crippen molar-refractivity contribution in [1.29, 1.82) is 0 Å². The van der Waals surface area contributed by atoms with Crippen molar-refractivity contribution >= 4 is 23.2 Å². The molecule has 0 fully saturated rings. The third kappa shape index (κ3) is 3.85. The molecule has 2 amide bonds. The molecule has 8 nitrogen and oxygen atoms in total. The van der Waals surface area contributed by atoms with Gasteiger partial charge in [0.1, 0.15) is 5.69 Å². The van der Waals surface area contributed by atoms with Gasteiger partial charge in [-0.15, -0.1) is 0 Å². The summed E-state index contributed by atoms with van der Waals surface area (Å²) in [6.45, 7) is 0.136. The van der Waals surface area contributed by atoms with E-state index in [0.29, 0.717) is 0 Å². The molecule has 0 radical (unpaired) electrons. The minimum absolute atomic E-state index is 0.0333. The lowest BCUT2D eigenvalue weighted by Crippen LogP contribution is -2.35. The summed E-state index contributed by atoms with van der Waals surface area (Å²) in [7, 11) is 0. The van der Waals surface area contributed by atoms with Gasteiger partial charge in [0.2, 0.25) is 0 Å². The van der Waals surface area contributed by atoms with Crippen molar-refractivity contribution in [1.82, 2.24) is 10.3 Å². The molecular weight excluding hydrogens is 288 g/mol. The number of rotatable bonds is 4. The molecule has 0 saturated carbocycles. The number of carbonyl (C=O) groups excluding carboxylic acids is 2. The van der Waals surface area contributed by atoms with Gasteiger partial charge in [-0.2, -0.15) is 0 Å². The molecular formula is C14H12N4O4. The first-order valence-electron chi connectivity index (χ1n) is 6.29. The van der Waals surface area contributed by atoms with Crippen molar-refractivity contribution in [2.75, 3.05) is 5.32 Å². The zero-order valence-electron chi connectivity index (χ0n) is 11.4. The van der Waals surface area contributed by atoms with E-state index in [1.165, 1.54) is 24.3 Å². The van der Waals surface area contributed by atoms with E-state index < -0.39 is 16.7 Å². The Kier molecular flexibility index (Phi) is 4.76. The molecule has 8 heteroatoms. The number of anilines is 1. The van der Waals surface area contributed by atoms with Crippen LogP contribution < -0.4 is 10.6 Å². The average Bonchev–Trinajstić information content (AvgIpc) is 2.53. The van der Waals surface area contributed by atoms with Crippen molar-refractivity contribution in [2.24, 2.45) is 0 Å². The Bertz CT molecular complexity index is 703. The minimum atomic E-state index is -0.974. The molecule has 2 aromatic rings. The Morgan fingerprint density at radius 1 is 1.14 bits per heavy atom. The number of benzene rings is 1. The summed E-state index contributed by atoms with van der Waals surface area (Å²) in [6.07, 6.45) is 3.15. The normalized spacial score (nSPS) is 9.82. The molecule has 1 heterocycles. The number of aromatic nitrogens is 1. The van der Waals surface area contributed by atoms with Crippen LogP contribution in [0.15, 0.2) is 48.8 Å². The molecule has 0 spiro atoms. The van der Waals surface area contributed by atoms with Crippen molar-refractivity contribution < 1.29 is 14.5 Å². The standard InChI is InChI=1S/C14H12N4O4/c19-13(16-9-10-4-3-7-15-8-10)14(20)17-11-5-1-2-6-12(11)18(21)22/h1-8H,9H2,(H,16,19)(H,17,20). The van der Waals surface area contributed by atoms with Gasteiger partial charge in [0, 0.05) is 25.0 Å². The number of hydrogen-bond acceptors (Lipinski definition) is 5. The van der Waals surface area contributed by atoms with Crippen LogP contribution in [0.5, 0.6) is 0 Å². The van der Waals surface area contributed by atoms with Crippen LogP contribution in [0.3, 0.4) is 0 Å². The number of nitro benzene ring substituents is 1. The van der Waals surface area contributed by atoms with E-state index in [4.69, 9.17) is 0 Å². The van der Waals surface area contributed by atoms with E-state index >= 15 is 0 Å². The van der Waals surface area contributed by atoms with Crippen LogP contribution in [0, 0.1) is 10.1 Å². The fourth-order valence-corrected chi connectivity index (χ4v) is 1.68. The summed E-state index contributed by atoms with van der Waals surface area (Å²) in [4.78, 5) is 37.5. The first kappa shape index (κ1) is 15.1. The van der Waals surface area contributed by atoms with Gasteiger partial charge >= 0.3 is 11.8 Å². The number of pyridine rings is 1. The molecule has 1 aromatic carbocycles. The molecule has 0 aliphatic carbocycles. The maximum atomic E-state index is 11.7. The van der Waals surface area contributed by atoms with E-state index in [9.17, 15) is 19.7 Å². The largest absolute Gasteiger partial charge is 0.344 e. The summed E-state index contributed by atoms with van der Waals surface area (Å²) >= 11 is 0. The van der Waals surface area contributed by atoms with Crippen LogP contribution in [-0.2, 0) is 16.1 Å². The molecule has 0 aliphatic rings. The molecule has 2 N–H and O–H groups in total. The van der Waals surface area contributed by atoms with Gasteiger partial charge in [0.25, 0.3) is 5.69 Å². The number of hydrogen-bond donors (Lipinski definition) is 2. The van der Waals surface area contributed by atoms with Gasteiger partial charge in [-0.3, -0.25) is 24.7 Å². The van der Waals surface area contributed by atoms with Gasteiger partial charge in [-0.05, 0) is 17.7 Å². The Morgan fingerprint density at radius 2 is 1.91 bits per heavy atom. The summed E-state index contributed by atoms with van der Waals surface area (Å²) in [5, 5.41) is 15.5. The predicted octanol–water partition coefficient (Wildman–Crippen LogP) is 1.24. The Morgan fingerprint density at radius 3 is 2.59 bits per heavy atom. The maximum absolute atomic E-state index is 11.7. The summed E-state index contributed by atoms with van der Waals surface area (Å²) in [5.41, 5.74) is 0.416. The Hall–Kier alpha value is -3.29. The molecule has 2 rings (SSSR count). The average molecular weight is 300 g/mol. The zero-order chi connectivity index (χ0) is 15.9. The zero-order valence-corrected chi connectivity index (χ0v) is 11.4. The highest BCUT2D eigenvalue weighted by molar-refractivity contribution is 6.39. The van der Waals surface area contributed by atoms with E-state index in [0.717, 1.165) is 5.56 Å². The van der Waals surface area contributed by atoms with Crippen molar-refractivity contribution in [3.63, 3.8) is 0 Å². The van der Waals surface area contributed by atoms with Gasteiger partial charge in [-0.25, -0.2) is 0 Å².